The highest BCUT2D eigenvalue weighted by Gasteiger charge is 2.41. The number of allylic oxidation sites excluding steroid dienone is 3. The molecule has 1 aromatic heterocycles. The number of ether oxygens (including phenoxy) is 2. The summed E-state index contributed by atoms with van der Waals surface area (Å²) in [6.07, 6.45) is 5.16. The average Bonchev–Trinajstić information content (AvgIpc) is 2.91. The monoisotopic (exact) mass is 374 g/mol. The molecule has 0 radical (unpaired) electrons. The van der Waals surface area contributed by atoms with Gasteiger partial charge >= 0.3 is 0 Å². The van der Waals surface area contributed by atoms with Gasteiger partial charge in [0.1, 0.15) is 5.54 Å². The summed E-state index contributed by atoms with van der Waals surface area (Å²) in [5, 5.41) is 2.71. The number of carbonyl (C=O) groups excluding carboxylic acids is 3. The molecule has 1 aliphatic heterocycles. The average molecular weight is 374 g/mol. The zero-order valence-corrected chi connectivity index (χ0v) is 16.3. The van der Waals surface area contributed by atoms with Gasteiger partial charge in [0.15, 0.2) is 5.78 Å². The van der Waals surface area contributed by atoms with E-state index in [1.807, 2.05) is 13.0 Å². The molecule has 1 aromatic rings. The number of rotatable bonds is 9. The molecule has 1 aliphatic rings. The van der Waals surface area contributed by atoms with Gasteiger partial charge < -0.3 is 19.4 Å². The van der Waals surface area contributed by atoms with Crippen LogP contribution in [0.25, 0.3) is 0 Å². The Morgan fingerprint density at radius 2 is 2.07 bits per heavy atom. The molecule has 27 heavy (non-hydrogen) atoms. The molecule has 0 aromatic carbocycles. The Balaban J connectivity index is 2.21. The molecule has 7 nitrogen and oxygen atoms in total. The fourth-order valence-electron chi connectivity index (χ4n) is 3.18. The highest BCUT2D eigenvalue weighted by atomic mass is 16.5. The molecule has 1 saturated heterocycles. The third-order valence-electron chi connectivity index (χ3n) is 4.70. The largest absolute Gasteiger partial charge is 0.382 e. The van der Waals surface area contributed by atoms with E-state index in [-0.39, 0.29) is 24.4 Å². The summed E-state index contributed by atoms with van der Waals surface area (Å²) in [5.74, 6) is -1.55. The molecule has 0 spiro atoms. The van der Waals surface area contributed by atoms with Crippen LogP contribution in [0.1, 0.15) is 39.8 Å². The number of hydrogen-bond acceptors (Lipinski definition) is 5. The molecule has 1 N–H and O–H groups in total. The Labute approximate surface area is 159 Å². The second kappa shape index (κ2) is 8.45. The zero-order chi connectivity index (χ0) is 20.2. The van der Waals surface area contributed by atoms with Crippen molar-refractivity contribution in [3.63, 3.8) is 0 Å². The first-order valence-electron chi connectivity index (χ1n) is 8.69. The first-order chi connectivity index (χ1) is 12.8. The topological polar surface area (TPSA) is 86.6 Å². The molecule has 1 fully saturated rings. The van der Waals surface area contributed by atoms with E-state index >= 15 is 0 Å². The van der Waals surface area contributed by atoms with Crippen molar-refractivity contribution in [2.75, 3.05) is 26.9 Å². The van der Waals surface area contributed by atoms with Crippen molar-refractivity contribution in [3.05, 3.63) is 47.3 Å². The van der Waals surface area contributed by atoms with Crippen molar-refractivity contribution in [1.29, 1.82) is 0 Å². The summed E-state index contributed by atoms with van der Waals surface area (Å²) in [7, 11) is 3.21. The van der Waals surface area contributed by atoms with E-state index in [1.54, 1.807) is 24.6 Å². The Morgan fingerprint density at radius 1 is 1.41 bits per heavy atom. The quantitative estimate of drug-likeness (QED) is 0.404. The number of ketones is 2. The third kappa shape index (κ3) is 4.26. The molecule has 7 heteroatoms. The summed E-state index contributed by atoms with van der Waals surface area (Å²) >= 11 is 0. The van der Waals surface area contributed by atoms with Crippen LogP contribution >= 0.6 is 0 Å². The number of Topliss-reactive ketones (excluding diaryl/α,β-unsaturated/α-hetero) is 2. The number of methoxy groups -OCH3 is 1. The van der Waals surface area contributed by atoms with Crippen molar-refractivity contribution >= 4 is 17.5 Å². The van der Waals surface area contributed by atoms with Crippen molar-refractivity contribution in [1.82, 2.24) is 9.88 Å². The number of nitrogens with zero attached hydrogens (tertiary/aromatic N) is 1. The SMILES string of the molecule is C=C/C(=C\C)CC(=O)c1c(C)c(C(=O)C(=O)NC2(COC)COC2)cn1C. The molecule has 1 amide bonds. The van der Waals surface area contributed by atoms with Crippen molar-refractivity contribution < 1.29 is 23.9 Å². The summed E-state index contributed by atoms with van der Waals surface area (Å²) < 4.78 is 11.8. The molecule has 2 rings (SSSR count). The second-order valence-electron chi connectivity index (χ2n) is 6.78. The van der Waals surface area contributed by atoms with Gasteiger partial charge in [-0.15, -0.1) is 0 Å². The number of amides is 1. The molecule has 0 aliphatic carbocycles. The van der Waals surface area contributed by atoms with Gasteiger partial charge in [0.05, 0.1) is 25.5 Å². The fraction of sp³-hybridized carbons (Fsp3) is 0.450. The first kappa shape index (κ1) is 20.8. The second-order valence-corrected chi connectivity index (χ2v) is 6.78. The number of carbonyl (C=O) groups is 3. The number of aromatic nitrogens is 1. The van der Waals surface area contributed by atoms with E-state index in [0.29, 0.717) is 24.5 Å². The van der Waals surface area contributed by atoms with Crippen LogP contribution in [0.3, 0.4) is 0 Å². The minimum atomic E-state index is -0.733. The van der Waals surface area contributed by atoms with E-state index in [4.69, 9.17) is 9.47 Å². The molecule has 0 unspecified atom stereocenters. The summed E-state index contributed by atoms with van der Waals surface area (Å²) in [6, 6.07) is 0. The van der Waals surface area contributed by atoms with E-state index in [2.05, 4.69) is 11.9 Å². The summed E-state index contributed by atoms with van der Waals surface area (Å²) in [5.41, 5.74) is 1.25. The van der Waals surface area contributed by atoms with E-state index in [0.717, 1.165) is 5.57 Å². The number of nitrogens with one attached hydrogen (secondary N) is 1. The lowest BCUT2D eigenvalue weighted by Crippen LogP contribution is -2.65. The number of hydrogen-bond donors (Lipinski definition) is 1. The Bertz CT molecular complexity index is 800. The lowest BCUT2D eigenvalue weighted by atomic mass is 9.97. The van der Waals surface area contributed by atoms with Crippen molar-refractivity contribution in [2.24, 2.45) is 7.05 Å². The van der Waals surface area contributed by atoms with Gasteiger partial charge in [0.25, 0.3) is 11.7 Å². The van der Waals surface area contributed by atoms with Gasteiger partial charge in [-0.2, -0.15) is 0 Å². The van der Waals surface area contributed by atoms with Gasteiger partial charge in [-0.25, -0.2) is 0 Å². The first-order valence-corrected chi connectivity index (χ1v) is 8.69. The van der Waals surface area contributed by atoms with Gasteiger partial charge in [-0.1, -0.05) is 18.7 Å². The van der Waals surface area contributed by atoms with Crippen LogP contribution in [0, 0.1) is 6.92 Å². The van der Waals surface area contributed by atoms with Crippen molar-refractivity contribution in [2.45, 2.75) is 25.8 Å². The third-order valence-corrected chi connectivity index (χ3v) is 4.70. The van der Waals surface area contributed by atoms with Crippen LogP contribution in [0.15, 0.2) is 30.5 Å². The Hall–Kier alpha value is -2.51. The molecule has 2 heterocycles. The van der Waals surface area contributed by atoms with E-state index < -0.39 is 17.2 Å². The molecular weight excluding hydrogens is 348 g/mol. The predicted octanol–water partition coefficient (Wildman–Crippen LogP) is 1.75. The molecule has 0 atom stereocenters. The predicted molar refractivity (Wildman–Crippen MR) is 101 cm³/mol. The molecule has 146 valence electrons. The highest BCUT2D eigenvalue weighted by Crippen LogP contribution is 2.22. The van der Waals surface area contributed by atoms with Crippen LogP contribution in [0.5, 0.6) is 0 Å². The highest BCUT2D eigenvalue weighted by molar-refractivity contribution is 6.43. The Kier molecular flexibility index (Phi) is 6.51. The lowest BCUT2D eigenvalue weighted by Gasteiger charge is -2.41. The van der Waals surface area contributed by atoms with E-state index in [9.17, 15) is 14.4 Å². The van der Waals surface area contributed by atoms with Gasteiger partial charge in [-0.05, 0) is 25.0 Å². The fourth-order valence-corrected chi connectivity index (χ4v) is 3.18. The van der Waals surface area contributed by atoms with E-state index in [1.165, 1.54) is 13.3 Å². The smallest absolute Gasteiger partial charge is 0.293 e. The lowest BCUT2D eigenvalue weighted by molar-refractivity contribution is -0.135. The van der Waals surface area contributed by atoms with Crippen LogP contribution in [-0.4, -0.2) is 54.5 Å². The van der Waals surface area contributed by atoms with Gasteiger partial charge in [0, 0.05) is 32.3 Å². The Morgan fingerprint density at radius 3 is 2.56 bits per heavy atom. The van der Waals surface area contributed by atoms with Crippen LogP contribution in [-0.2, 0) is 21.3 Å². The van der Waals surface area contributed by atoms with Gasteiger partial charge in [-0.3, -0.25) is 14.4 Å². The maximum absolute atomic E-state index is 12.7. The maximum Gasteiger partial charge on any atom is 0.293 e. The minimum Gasteiger partial charge on any atom is -0.382 e. The van der Waals surface area contributed by atoms with Crippen molar-refractivity contribution in [3.8, 4) is 0 Å². The molecule has 0 bridgehead atoms. The van der Waals surface area contributed by atoms with Crippen LogP contribution in [0.4, 0.5) is 0 Å². The number of aryl methyl sites for hydroxylation is 1. The standard InChI is InChI=1S/C20H26N2O5/c1-6-14(7-2)8-16(23)17-13(3)15(9-22(17)4)18(24)19(25)21-20(10-26-5)11-27-12-20/h6-7,9H,1,8,10-12H2,2-5H3,(H,21,25)/b14-7+. The van der Waals surface area contributed by atoms with Crippen LogP contribution in [0.2, 0.25) is 0 Å². The maximum atomic E-state index is 12.7. The molecular formula is C20H26N2O5. The zero-order valence-electron chi connectivity index (χ0n) is 16.3. The normalized spacial score (nSPS) is 15.8. The summed E-state index contributed by atoms with van der Waals surface area (Å²) in [4.78, 5) is 37.8. The molecule has 0 saturated carbocycles. The van der Waals surface area contributed by atoms with Gasteiger partial charge in [0.2, 0.25) is 0 Å². The van der Waals surface area contributed by atoms with Crippen LogP contribution < -0.4 is 5.32 Å². The minimum absolute atomic E-state index is 0.134. The summed E-state index contributed by atoms with van der Waals surface area (Å²) in [6.45, 7) is 8.05.